The zero-order valence-electron chi connectivity index (χ0n) is 22.6. The first-order valence-corrected chi connectivity index (χ1v) is 18.6. The van der Waals surface area contributed by atoms with Crippen molar-refractivity contribution in [1.29, 1.82) is 0 Å². The van der Waals surface area contributed by atoms with Gasteiger partial charge in [0.25, 0.3) is 0 Å². The van der Waals surface area contributed by atoms with E-state index in [4.69, 9.17) is 19.6 Å². The first-order valence-electron chi connectivity index (χ1n) is 13.1. The summed E-state index contributed by atoms with van der Waals surface area (Å²) in [5.41, 5.74) is -1.83. The average Bonchev–Trinajstić information content (AvgIpc) is 2.78. The van der Waals surface area contributed by atoms with Gasteiger partial charge in [-0.3, -0.25) is 0 Å². The molecule has 4 nitrogen and oxygen atoms in total. The van der Waals surface area contributed by atoms with Crippen LogP contribution in [0.4, 0.5) is 0 Å². The van der Waals surface area contributed by atoms with E-state index in [2.05, 4.69) is 46.4 Å². The van der Waals surface area contributed by atoms with Crippen LogP contribution in [0.3, 0.4) is 0 Å². The molecule has 2 saturated carbocycles. The fourth-order valence-electron chi connectivity index (χ4n) is 4.75. The van der Waals surface area contributed by atoms with Gasteiger partial charge in [-0.25, -0.2) is 0 Å². The Bertz CT molecular complexity index is 658. The number of rotatable bonds is 8. The van der Waals surface area contributed by atoms with E-state index in [0.29, 0.717) is 11.8 Å². The summed E-state index contributed by atoms with van der Waals surface area (Å²) in [6, 6.07) is 0. The summed E-state index contributed by atoms with van der Waals surface area (Å²) in [4.78, 5) is 23.4. The van der Waals surface area contributed by atoms with Crippen molar-refractivity contribution in [1.82, 2.24) is 0 Å². The SMILES string of the molecule is CC(C)(C#[C][Hg][C]#CC(C)(C)OOC(C)(C)C1CCCCC1)OOC(C)(C)C1CCCCC1. The minimum atomic E-state index is -1.68. The summed E-state index contributed by atoms with van der Waals surface area (Å²) in [6.45, 7) is 16.4. The molecule has 2 aliphatic carbocycles. The van der Waals surface area contributed by atoms with Gasteiger partial charge in [-0.2, -0.15) is 0 Å². The van der Waals surface area contributed by atoms with E-state index in [9.17, 15) is 0 Å². The summed E-state index contributed by atoms with van der Waals surface area (Å²) < 4.78 is 6.67. The monoisotopic (exact) mass is 648 g/mol. The van der Waals surface area contributed by atoms with Crippen molar-refractivity contribution in [3.8, 4) is 18.7 Å². The molecular weight excluding hydrogens is 601 g/mol. The number of hydrogen-bond acceptors (Lipinski definition) is 4. The van der Waals surface area contributed by atoms with Gasteiger partial charge >= 0.3 is 217 Å². The molecule has 0 aromatic rings. The minimum absolute atomic E-state index is 0.282. The maximum atomic E-state index is 5.91. The van der Waals surface area contributed by atoms with Gasteiger partial charge in [0.2, 0.25) is 0 Å². The van der Waals surface area contributed by atoms with E-state index < -0.39 is 35.8 Å². The van der Waals surface area contributed by atoms with Crippen LogP contribution in [-0.4, -0.2) is 22.4 Å². The van der Waals surface area contributed by atoms with Crippen molar-refractivity contribution < 1.29 is 44.1 Å². The van der Waals surface area contributed by atoms with Gasteiger partial charge in [0.15, 0.2) is 0 Å². The van der Waals surface area contributed by atoms with Gasteiger partial charge in [-0.1, -0.05) is 0 Å². The van der Waals surface area contributed by atoms with Crippen LogP contribution < -0.4 is 0 Å². The molecule has 0 unspecified atom stereocenters. The summed E-state index contributed by atoms with van der Waals surface area (Å²) in [7, 11) is 0. The van der Waals surface area contributed by atoms with E-state index >= 15 is 0 Å². The van der Waals surface area contributed by atoms with Gasteiger partial charge in [0.1, 0.15) is 0 Å². The predicted molar refractivity (Wildman–Crippen MR) is 129 cm³/mol. The van der Waals surface area contributed by atoms with Gasteiger partial charge in [0.05, 0.1) is 0 Å². The summed E-state index contributed by atoms with van der Waals surface area (Å²) >= 11 is -1.68. The fourth-order valence-corrected chi connectivity index (χ4v) is 9.10. The molecule has 0 aliphatic heterocycles. The summed E-state index contributed by atoms with van der Waals surface area (Å²) in [6.07, 6.45) is 12.7. The normalized spacial score (nSPS) is 19.2. The molecule has 5 heteroatoms. The van der Waals surface area contributed by atoms with Crippen LogP contribution in [0.15, 0.2) is 0 Å². The van der Waals surface area contributed by atoms with Crippen molar-refractivity contribution in [2.24, 2.45) is 11.8 Å². The second-order valence-electron chi connectivity index (χ2n) is 12.0. The second kappa shape index (κ2) is 12.7. The molecule has 0 aromatic carbocycles. The van der Waals surface area contributed by atoms with Gasteiger partial charge < -0.3 is 0 Å². The number of hydrogen-bond donors (Lipinski definition) is 0. The molecule has 0 aromatic heterocycles. The van der Waals surface area contributed by atoms with Gasteiger partial charge in [0, 0.05) is 0 Å². The van der Waals surface area contributed by atoms with E-state index in [1.165, 1.54) is 64.2 Å². The topological polar surface area (TPSA) is 36.9 Å². The molecular formula is C28H46HgO4. The molecule has 0 bridgehead atoms. The van der Waals surface area contributed by atoms with E-state index in [-0.39, 0.29) is 11.2 Å². The third-order valence-electron chi connectivity index (χ3n) is 7.06. The van der Waals surface area contributed by atoms with E-state index in [1.54, 1.807) is 0 Å². The van der Waals surface area contributed by atoms with E-state index in [1.807, 2.05) is 27.7 Å². The molecule has 2 aliphatic rings. The van der Waals surface area contributed by atoms with Crippen molar-refractivity contribution in [3.63, 3.8) is 0 Å². The van der Waals surface area contributed by atoms with Crippen LogP contribution >= 0.6 is 0 Å². The van der Waals surface area contributed by atoms with Crippen molar-refractivity contribution >= 4 is 0 Å². The molecule has 33 heavy (non-hydrogen) atoms. The average molecular weight is 647 g/mol. The summed E-state index contributed by atoms with van der Waals surface area (Å²) in [5.74, 6) is 7.59. The van der Waals surface area contributed by atoms with Crippen LogP contribution in [0, 0.1) is 30.5 Å². The van der Waals surface area contributed by atoms with Gasteiger partial charge in [-0.15, -0.1) is 0 Å². The summed E-state index contributed by atoms with van der Waals surface area (Å²) in [5, 5.41) is 0. The molecule has 184 valence electrons. The zero-order chi connectivity index (χ0) is 24.6. The maximum absolute atomic E-state index is 5.91. The standard InChI is InChI=1S/2C14H23O2.Hg/c2*1-6-13(2,3)15-16-14(4,5)12-10-8-7-9-11-12;/h2*12H,7-11H2,2-5H3;. The van der Waals surface area contributed by atoms with E-state index in [0.717, 1.165) is 0 Å². The Balaban J connectivity index is 1.79. The molecule has 2 rings (SSSR count). The molecule has 0 saturated heterocycles. The third-order valence-corrected chi connectivity index (χ3v) is 9.81. The van der Waals surface area contributed by atoms with Crippen LogP contribution in [0.25, 0.3) is 0 Å². The van der Waals surface area contributed by atoms with Crippen LogP contribution in [0.1, 0.15) is 120 Å². The predicted octanol–water partition coefficient (Wildman–Crippen LogP) is 7.16. The molecule has 0 atom stereocenters. The molecule has 0 amide bonds. The fraction of sp³-hybridized carbons (Fsp3) is 0.857. The molecule has 2 fully saturated rings. The Labute approximate surface area is 215 Å². The molecule has 0 radical (unpaired) electrons. The Morgan fingerprint density at radius 2 is 0.848 bits per heavy atom. The van der Waals surface area contributed by atoms with Gasteiger partial charge in [-0.05, 0) is 0 Å². The molecule has 0 spiro atoms. The van der Waals surface area contributed by atoms with Crippen LogP contribution in [0.5, 0.6) is 0 Å². The second-order valence-corrected chi connectivity index (χ2v) is 16.1. The Morgan fingerprint density at radius 3 is 1.18 bits per heavy atom. The van der Waals surface area contributed by atoms with Crippen molar-refractivity contribution in [2.75, 3.05) is 0 Å². The Hall–Kier alpha value is -0.105. The van der Waals surface area contributed by atoms with Crippen LogP contribution in [0.2, 0.25) is 0 Å². The first kappa shape index (κ1) is 29.1. The zero-order valence-corrected chi connectivity index (χ0v) is 28.1. The molecule has 0 N–H and O–H groups in total. The molecule has 0 heterocycles. The van der Waals surface area contributed by atoms with Crippen molar-refractivity contribution in [2.45, 2.75) is 142 Å². The Kier molecular flexibility index (Phi) is 11.2. The third kappa shape index (κ3) is 10.6. The quantitative estimate of drug-likeness (QED) is 0.121. The van der Waals surface area contributed by atoms with Crippen molar-refractivity contribution in [3.05, 3.63) is 0 Å². The van der Waals surface area contributed by atoms with Crippen LogP contribution in [-0.2, 0) is 44.1 Å². The first-order chi connectivity index (χ1) is 15.3. The Morgan fingerprint density at radius 1 is 0.515 bits per heavy atom.